The summed E-state index contributed by atoms with van der Waals surface area (Å²) in [4.78, 5) is 50.7. The predicted octanol–water partition coefficient (Wildman–Crippen LogP) is 3.39. The molecule has 0 bridgehead atoms. The van der Waals surface area contributed by atoms with E-state index in [1.807, 2.05) is 0 Å². The van der Waals surface area contributed by atoms with Gasteiger partial charge < -0.3 is 44.2 Å². The molecule has 0 aliphatic carbocycles. The van der Waals surface area contributed by atoms with E-state index in [1.54, 1.807) is 19.1 Å². The molecule has 0 unspecified atom stereocenters. The first-order chi connectivity index (χ1) is 23.8. The van der Waals surface area contributed by atoms with Crippen LogP contribution < -0.4 is 5.43 Å². The Bertz CT molecular complexity index is 2010. The second-order valence-electron chi connectivity index (χ2n) is 11.7. The standard InChI is InChI=1S/C37H34O13/c1-19-15-26(41)32(35-31(19)27(42)17-25(48-35)16-20(2)38)36-37(50-30(44)14-8-22-5-11-24(40)12-6-22)34(46)33(45)28(49-36)18-47-29(43)13-7-21-3-9-23(39)10-4-21/h3-15,17,28,33-34,36-37,39-41,45-46H,16,18H2,1-2H3/b13-7+,14-8+/t28-,33-,34+,36+,37-/m1/s1. The molecule has 2 heterocycles. The quantitative estimate of drug-likeness (QED) is 0.120. The van der Waals surface area contributed by atoms with Crippen LogP contribution in [0, 0.1) is 6.92 Å². The number of carbonyl (C=O) groups is 3. The fraction of sp³-hybridized carbons (Fsp3) is 0.243. The van der Waals surface area contributed by atoms with Gasteiger partial charge in [0, 0.05) is 18.2 Å². The first-order valence-electron chi connectivity index (χ1n) is 15.4. The Balaban J connectivity index is 1.50. The summed E-state index contributed by atoms with van der Waals surface area (Å²) in [6.45, 7) is 2.25. The molecule has 1 aliphatic heterocycles. The number of ether oxygens (including phenoxy) is 3. The molecular weight excluding hydrogens is 652 g/mol. The lowest BCUT2D eigenvalue weighted by Crippen LogP contribution is -2.56. The molecule has 4 aromatic rings. The second kappa shape index (κ2) is 15.2. The van der Waals surface area contributed by atoms with Gasteiger partial charge in [0.25, 0.3) is 0 Å². The molecule has 5 N–H and O–H groups in total. The highest BCUT2D eigenvalue weighted by molar-refractivity contribution is 5.89. The number of phenols is 3. The third-order valence-electron chi connectivity index (χ3n) is 7.91. The molecular formula is C37H34O13. The summed E-state index contributed by atoms with van der Waals surface area (Å²) in [6.07, 6.45) is -3.71. The van der Waals surface area contributed by atoms with Gasteiger partial charge in [-0.2, -0.15) is 0 Å². The number of phenolic OH excluding ortho intramolecular Hbond substituents is 3. The van der Waals surface area contributed by atoms with E-state index in [4.69, 9.17) is 18.6 Å². The van der Waals surface area contributed by atoms with E-state index in [1.165, 1.54) is 61.5 Å². The van der Waals surface area contributed by atoms with E-state index in [-0.39, 0.29) is 46.0 Å². The maximum absolute atomic E-state index is 13.2. The molecule has 1 saturated heterocycles. The van der Waals surface area contributed by atoms with Gasteiger partial charge in [0.15, 0.2) is 11.5 Å². The van der Waals surface area contributed by atoms with Gasteiger partial charge in [0.05, 0.1) is 17.4 Å². The predicted molar refractivity (Wildman–Crippen MR) is 178 cm³/mol. The second-order valence-corrected chi connectivity index (χ2v) is 11.7. The van der Waals surface area contributed by atoms with E-state index >= 15 is 0 Å². The van der Waals surface area contributed by atoms with Crippen LogP contribution in [0.3, 0.4) is 0 Å². The molecule has 50 heavy (non-hydrogen) atoms. The highest BCUT2D eigenvalue weighted by Gasteiger charge is 2.49. The van der Waals surface area contributed by atoms with E-state index in [9.17, 15) is 44.7 Å². The monoisotopic (exact) mass is 686 g/mol. The number of rotatable bonds is 10. The summed E-state index contributed by atoms with van der Waals surface area (Å²) in [5.41, 5.74) is 0.475. The van der Waals surface area contributed by atoms with Crippen LogP contribution in [0.1, 0.15) is 41.0 Å². The normalized spacial score (nSPS) is 20.7. The Labute approximate surface area is 284 Å². The molecule has 1 aliphatic rings. The van der Waals surface area contributed by atoms with Crippen molar-refractivity contribution in [2.45, 2.75) is 50.8 Å². The molecule has 0 spiro atoms. The summed E-state index contributed by atoms with van der Waals surface area (Å²) in [7, 11) is 0. The average molecular weight is 687 g/mol. The SMILES string of the molecule is CC(=O)Cc1cc(=O)c2c(C)cc(O)c([C@@H]3O[C@H](COC(=O)/C=C/c4ccc(O)cc4)[C@@H](O)[C@H](O)[C@H]3OC(=O)/C=C/c3ccc(O)cc3)c2o1. The summed E-state index contributed by atoms with van der Waals surface area (Å²) in [5.74, 6) is -2.57. The molecule has 1 fully saturated rings. The number of aliphatic hydroxyl groups excluding tert-OH is 2. The van der Waals surface area contributed by atoms with Crippen molar-refractivity contribution in [3.63, 3.8) is 0 Å². The molecule has 1 aromatic heterocycles. The lowest BCUT2D eigenvalue weighted by atomic mass is 9.89. The van der Waals surface area contributed by atoms with Crippen LogP contribution in [0.4, 0.5) is 0 Å². The Hall–Kier alpha value is -5.76. The van der Waals surface area contributed by atoms with Crippen molar-refractivity contribution < 1.29 is 58.5 Å². The molecule has 3 aromatic carbocycles. The van der Waals surface area contributed by atoms with E-state index in [2.05, 4.69) is 0 Å². The van der Waals surface area contributed by atoms with Crippen molar-refractivity contribution in [3.05, 3.63) is 111 Å². The van der Waals surface area contributed by atoms with Gasteiger partial charge in [-0.05, 0) is 73.0 Å². The molecule has 0 radical (unpaired) electrons. The highest BCUT2D eigenvalue weighted by atomic mass is 16.6. The smallest absolute Gasteiger partial charge is 0.331 e. The number of ketones is 1. The summed E-state index contributed by atoms with van der Waals surface area (Å²) >= 11 is 0. The zero-order valence-corrected chi connectivity index (χ0v) is 26.9. The van der Waals surface area contributed by atoms with Crippen molar-refractivity contribution in [1.82, 2.24) is 0 Å². The first-order valence-corrected chi connectivity index (χ1v) is 15.4. The van der Waals surface area contributed by atoms with Crippen LogP contribution in [0.15, 0.2) is 82.0 Å². The van der Waals surface area contributed by atoms with Crippen LogP contribution in [0.25, 0.3) is 23.1 Å². The fourth-order valence-electron chi connectivity index (χ4n) is 5.51. The van der Waals surface area contributed by atoms with Crippen molar-refractivity contribution in [2.24, 2.45) is 0 Å². The number of aliphatic hydroxyl groups is 2. The topological polar surface area (TPSA) is 210 Å². The number of esters is 2. The minimum absolute atomic E-state index is 0.0147. The third-order valence-corrected chi connectivity index (χ3v) is 7.91. The van der Waals surface area contributed by atoms with Crippen LogP contribution in [0.5, 0.6) is 17.2 Å². The van der Waals surface area contributed by atoms with Crippen molar-refractivity contribution >= 4 is 40.8 Å². The molecule has 0 amide bonds. The minimum atomic E-state index is -1.88. The Morgan fingerprint density at radius 1 is 0.840 bits per heavy atom. The lowest BCUT2D eigenvalue weighted by molar-refractivity contribution is -0.241. The number of fused-ring (bicyclic) bond motifs is 1. The first kappa shape index (κ1) is 35.5. The van der Waals surface area contributed by atoms with Gasteiger partial charge in [0.2, 0.25) is 0 Å². The molecule has 13 heteroatoms. The molecule has 13 nitrogen and oxygen atoms in total. The summed E-state index contributed by atoms with van der Waals surface area (Å²) < 4.78 is 22.9. The van der Waals surface area contributed by atoms with Crippen LogP contribution in [0.2, 0.25) is 0 Å². The zero-order chi connectivity index (χ0) is 36.1. The molecule has 5 rings (SSSR count). The van der Waals surface area contributed by atoms with Gasteiger partial charge in [-0.1, -0.05) is 24.3 Å². The number of Topliss-reactive ketones (excluding diaryl/α,β-unsaturated/α-hetero) is 1. The number of aryl methyl sites for hydroxylation is 1. The van der Waals surface area contributed by atoms with E-state index in [0.29, 0.717) is 16.7 Å². The Kier molecular flexibility index (Phi) is 10.8. The largest absolute Gasteiger partial charge is 0.508 e. The maximum Gasteiger partial charge on any atom is 0.331 e. The third kappa shape index (κ3) is 8.26. The van der Waals surface area contributed by atoms with Crippen LogP contribution in [-0.4, -0.2) is 74.3 Å². The molecule has 0 saturated carbocycles. The number of benzene rings is 3. The maximum atomic E-state index is 13.2. The van der Waals surface area contributed by atoms with Crippen molar-refractivity contribution in [1.29, 1.82) is 0 Å². The Morgan fingerprint density at radius 2 is 1.42 bits per heavy atom. The van der Waals surface area contributed by atoms with Gasteiger partial charge in [0.1, 0.15) is 65.4 Å². The van der Waals surface area contributed by atoms with Crippen molar-refractivity contribution in [3.8, 4) is 17.2 Å². The van der Waals surface area contributed by atoms with Crippen LogP contribution in [-0.2, 0) is 35.0 Å². The molecule has 260 valence electrons. The number of hydrogen-bond donors (Lipinski definition) is 5. The van der Waals surface area contributed by atoms with E-state index < -0.39 is 60.2 Å². The number of carbonyl (C=O) groups excluding carboxylic acids is 3. The Morgan fingerprint density at radius 3 is 2.00 bits per heavy atom. The number of aromatic hydroxyl groups is 3. The fourth-order valence-corrected chi connectivity index (χ4v) is 5.51. The zero-order valence-electron chi connectivity index (χ0n) is 26.9. The summed E-state index contributed by atoms with van der Waals surface area (Å²) in [6, 6.07) is 14.3. The highest BCUT2D eigenvalue weighted by Crippen LogP contribution is 2.43. The number of hydrogen-bond acceptors (Lipinski definition) is 13. The van der Waals surface area contributed by atoms with Gasteiger partial charge in [-0.25, -0.2) is 9.59 Å². The van der Waals surface area contributed by atoms with Gasteiger partial charge >= 0.3 is 11.9 Å². The lowest BCUT2D eigenvalue weighted by Gasteiger charge is -2.42. The van der Waals surface area contributed by atoms with E-state index in [0.717, 1.165) is 18.2 Å². The van der Waals surface area contributed by atoms with Gasteiger partial charge in [-0.15, -0.1) is 0 Å². The molecule has 5 atom stereocenters. The van der Waals surface area contributed by atoms with Gasteiger partial charge in [-0.3, -0.25) is 9.59 Å². The van der Waals surface area contributed by atoms with Crippen LogP contribution >= 0.6 is 0 Å². The average Bonchev–Trinajstić information content (AvgIpc) is 3.06. The van der Waals surface area contributed by atoms with Crippen molar-refractivity contribution in [2.75, 3.05) is 6.61 Å². The summed E-state index contributed by atoms with van der Waals surface area (Å²) in [5, 5.41) is 52.6. The minimum Gasteiger partial charge on any atom is -0.508 e.